The van der Waals surface area contributed by atoms with Gasteiger partial charge in [-0.2, -0.15) is 0 Å². The van der Waals surface area contributed by atoms with Crippen LogP contribution >= 0.6 is 0 Å². The highest BCUT2D eigenvalue weighted by atomic mass is 28.3. The van der Waals surface area contributed by atoms with Gasteiger partial charge >= 0.3 is 0 Å². The lowest BCUT2D eigenvalue weighted by molar-refractivity contribution is 0.491. The van der Waals surface area contributed by atoms with Crippen LogP contribution in [-0.4, -0.2) is 13.8 Å². The molecular formula is C29H39NSi. The van der Waals surface area contributed by atoms with Crippen molar-refractivity contribution in [2.45, 2.75) is 72.4 Å². The summed E-state index contributed by atoms with van der Waals surface area (Å²) in [6.45, 7) is 16.0. The zero-order valence-corrected chi connectivity index (χ0v) is 21.4. The zero-order chi connectivity index (χ0) is 22.4. The van der Waals surface area contributed by atoms with Gasteiger partial charge in [0.15, 0.2) is 8.24 Å². The van der Waals surface area contributed by atoms with Crippen LogP contribution in [0.5, 0.6) is 0 Å². The maximum absolute atomic E-state index is 4.33. The molecule has 2 aliphatic rings. The van der Waals surface area contributed by atoms with Gasteiger partial charge in [0, 0.05) is 5.54 Å². The lowest BCUT2D eigenvalue weighted by Gasteiger charge is -2.46. The molecule has 1 nitrogen and oxygen atoms in total. The minimum absolute atomic E-state index is 0.0409. The molecule has 0 aliphatic heterocycles. The van der Waals surface area contributed by atoms with Gasteiger partial charge < -0.3 is 4.98 Å². The van der Waals surface area contributed by atoms with Crippen molar-refractivity contribution in [2.24, 2.45) is 11.8 Å². The molecule has 0 saturated heterocycles. The molecule has 0 spiro atoms. The predicted molar refractivity (Wildman–Crippen MR) is 138 cm³/mol. The van der Waals surface area contributed by atoms with Crippen molar-refractivity contribution in [1.29, 1.82) is 0 Å². The number of allylic oxidation sites excluding steroid dienone is 4. The first-order chi connectivity index (χ1) is 14.6. The molecule has 0 heterocycles. The van der Waals surface area contributed by atoms with Gasteiger partial charge in [-0.15, -0.1) is 0 Å². The number of nitrogens with one attached hydrogen (secondary N) is 1. The van der Waals surface area contributed by atoms with Gasteiger partial charge in [0.05, 0.1) is 0 Å². The monoisotopic (exact) mass is 429 g/mol. The molecule has 164 valence electrons. The third-order valence-corrected chi connectivity index (χ3v) is 12.9. The molecule has 4 rings (SSSR count). The van der Waals surface area contributed by atoms with Crippen LogP contribution in [-0.2, 0) is 0 Å². The Morgan fingerprint density at radius 1 is 0.710 bits per heavy atom. The fourth-order valence-electron chi connectivity index (χ4n) is 5.92. The first kappa shape index (κ1) is 22.3. The fourth-order valence-corrected chi connectivity index (χ4v) is 11.7. The summed E-state index contributed by atoms with van der Waals surface area (Å²) >= 11 is 0. The van der Waals surface area contributed by atoms with E-state index in [2.05, 4.69) is 114 Å². The number of rotatable bonds is 4. The van der Waals surface area contributed by atoms with E-state index in [9.17, 15) is 0 Å². The first-order valence-corrected chi connectivity index (χ1v) is 14.0. The minimum atomic E-state index is -2.28. The molecule has 0 radical (unpaired) electrons. The van der Waals surface area contributed by atoms with E-state index in [1.807, 2.05) is 0 Å². The van der Waals surface area contributed by atoms with Crippen LogP contribution in [0.3, 0.4) is 0 Å². The molecular weight excluding hydrogens is 390 g/mol. The number of hydrogen-bond donors (Lipinski definition) is 1. The normalized spacial score (nSPS) is 23.9. The highest BCUT2D eigenvalue weighted by Gasteiger charge is 2.53. The van der Waals surface area contributed by atoms with E-state index in [1.54, 1.807) is 0 Å². The molecule has 31 heavy (non-hydrogen) atoms. The summed E-state index contributed by atoms with van der Waals surface area (Å²) in [4.78, 5) is 4.33. The molecule has 1 N–H and O–H groups in total. The third-order valence-electron chi connectivity index (χ3n) is 7.44. The van der Waals surface area contributed by atoms with Gasteiger partial charge in [-0.3, -0.25) is 0 Å². The molecule has 2 aromatic carbocycles. The van der Waals surface area contributed by atoms with Crippen molar-refractivity contribution in [2.75, 3.05) is 0 Å². The summed E-state index contributed by atoms with van der Waals surface area (Å²) < 4.78 is 0. The first-order valence-electron chi connectivity index (χ1n) is 11.9. The summed E-state index contributed by atoms with van der Waals surface area (Å²) in [6.07, 6.45) is 7.78. The van der Waals surface area contributed by atoms with Crippen LogP contribution in [0.1, 0.15) is 58.6 Å². The van der Waals surface area contributed by atoms with Crippen molar-refractivity contribution in [3.05, 3.63) is 83.0 Å². The molecule has 0 bridgehead atoms. The van der Waals surface area contributed by atoms with Crippen molar-refractivity contribution in [3.8, 4) is 0 Å². The van der Waals surface area contributed by atoms with Gasteiger partial charge in [0.25, 0.3) is 0 Å². The maximum Gasteiger partial charge on any atom is 0.194 e. The Morgan fingerprint density at radius 2 is 1.19 bits per heavy atom. The summed E-state index contributed by atoms with van der Waals surface area (Å²) in [5, 5.41) is 3.06. The second kappa shape index (κ2) is 8.22. The lowest BCUT2D eigenvalue weighted by Crippen LogP contribution is -2.75. The van der Waals surface area contributed by atoms with Crippen LogP contribution in [0, 0.1) is 25.7 Å². The molecule has 2 aromatic rings. The van der Waals surface area contributed by atoms with Crippen LogP contribution < -0.4 is 15.4 Å². The average molecular weight is 430 g/mol. The molecule has 0 amide bonds. The highest BCUT2D eigenvalue weighted by molar-refractivity contribution is 7.01. The smallest absolute Gasteiger partial charge is 0.194 e. The quantitative estimate of drug-likeness (QED) is 0.583. The number of hydrogen-bond acceptors (Lipinski definition) is 1. The summed E-state index contributed by atoms with van der Waals surface area (Å²) in [6, 6.07) is 19.0. The fraction of sp³-hybridized carbons (Fsp3) is 0.448. The second-order valence-electron chi connectivity index (χ2n) is 11.0. The van der Waals surface area contributed by atoms with Gasteiger partial charge in [-0.05, 0) is 89.1 Å². The summed E-state index contributed by atoms with van der Waals surface area (Å²) in [7, 11) is -2.28. The molecule has 3 atom stereocenters. The van der Waals surface area contributed by atoms with E-state index in [1.165, 1.54) is 45.5 Å². The van der Waals surface area contributed by atoms with E-state index in [0.29, 0.717) is 17.4 Å². The topological polar surface area (TPSA) is 12.0 Å². The molecule has 1 fully saturated rings. The van der Waals surface area contributed by atoms with Crippen LogP contribution in [0.25, 0.3) is 0 Å². The standard InChI is InChI=1S/C29H39NSi/c1-20-8-13-25(14-9-20)31(30-29(5,6)7,26-15-10-21(2)11-16-26)28-17-12-24-18-22(3)23(4)19-27(24)28/h8-11,13-16,18-19,24,27-28,30H,12,17H2,1-7H3. The van der Waals surface area contributed by atoms with Gasteiger partial charge in [-0.25, -0.2) is 0 Å². The highest BCUT2D eigenvalue weighted by Crippen LogP contribution is 2.50. The third kappa shape index (κ3) is 4.25. The Kier molecular flexibility index (Phi) is 5.91. The van der Waals surface area contributed by atoms with E-state index in [4.69, 9.17) is 0 Å². The summed E-state index contributed by atoms with van der Waals surface area (Å²) in [5.74, 6) is 1.30. The molecule has 1 saturated carbocycles. The van der Waals surface area contributed by atoms with Crippen LogP contribution in [0.2, 0.25) is 5.54 Å². The van der Waals surface area contributed by atoms with Crippen LogP contribution in [0.15, 0.2) is 71.8 Å². The van der Waals surface area contributed by atoms with E-state index in [-0.39, 0.29) is 5.54 Å². The number of benzene rings is 2. The number of fused-ring (bicyclic) bond motifs is 1. The summed E-state index contributed by atoms with van der Waals surface area (Å²) in [5.41, 5.74) is 6.30. The molecule has 2 heteroatoms. The van der Waals surface area contributed by atoms with Gasteiger partial charge in [0.2, 0.25) is 0 Å². The number of aryl methyl sites for hydroxylation is 2. The molecule has 0 aromatic heterocycles. The van der Waals surface area contributed by atoms with E-state index >= 15 is 0 Å². The Labute approximate surface area is 190 Å². The Hall–Kier alpha value is -1.90. The van der Waals surface area contributed by atoms with Crippen molar-refractivity contribution in [1.82, 2.24) is 4.98 Å². The molecule has 2 aliphatic carbocycles. The zero-order valence-electron chi connectivity index (χ0n) is 20.4. The Balaban J connectivity index is 1.95. The second-order valence-corrected chi connectivity index (χ2v) is 14.8. The largest absolute Gasteiger partial charge is 0.325 e. The van der Waals surface area contributed by atoms with E-state index < -0.39 is 8.24 Å². The SMILES string of the molecule is CC1=CC2CCC([Si](NC(C)(C)C)(c3ccc(C)cc3)c3ccc(C)cc3)C2C=C1C. The van der Waals surface area contributed by atoms with Gasteiger partial charge in [-0.1, -0.05) is 83.0 Å². The minimum Gasteiger partial charge on any atom is -0.325 e. The van der Waals surface area contributed by atoms with Gasteiger partial charge in [0.1, 0.15) is 0 Å². The van der Waals surface area contributed by atoms with E-state index in [0.717, 1.165) is 0 Å². The van der Waals surface area contributed by atoms with Crippen molar-refractivity contribution >= 4 is 18.6 Å². The molecule has 3 unspecified atom stereocenters. The van der Waals surface area contributed by atoms with Crippen LogP contribution in [0.4, 0.5) is 0 Å². The lowest BCUT2D eigenvalue weighted by atomic mass is 9.85. The predicted octanol–water partition coefficient (Wildman–Crippen LogP) is 6.05. The van der Waals surface area contributed by atoms with Crippen molar-refractivity contribution in [3.63, 3.8) is 0 Å². The Morgan fingerprint density at radius 3 is 1.68 bits per heavy atom. The average Bonchev–Trinajstić information content (AvgIpc) is 3.10. The maximum atomic E-state index is 4.33. The van der Waals surface area contributed by atoms with Crippen molar-refractivity contribution < 1.29 is 0 Å². The Bertz CT molecular complexity index is 943.